The highest BCUT2D eigenvalue weighted by Crippen LogP contribution is 2.43. The Kier molecular flexibility index (Phi) is 7.02. The lowest BCUT2D eigenvalue weighted by atomic mass is 10.0. The number of ether oxygens (including phenoxy) is 2. The summed E-state index contributed by atoms with van der Waals surface area (Å²) < 4.78 is 11.1. The number of nitrogens with zero attached hydrogens (tertiary/aromatic N) is 7. The van der Waals surface area contributed by atoms with Crippen LogP contribution in [0.4, 0.5) is 11.8 Å². The maximum Gasteiger partial charge on any atom is 0.219 e. The minimum atomic E-state index is 0.260. The van der Waals surface area contributed by atoms with Crippen LogP contribution in [0.3, 0.4) is 0 Å². The molecule has 0 aromatic carbocycles. The second-order valence-electron chi connectivity index (χ2n) is 9.70. The van der Waals surface area contributed by atoms with Crippen molar-refractivity contribution < 1.29 is 9.47 Å². The fourth-order valence-corrected chi connectivity index (χ4v) is 6.94. The highest BCUT2D eigenvalue weighted by atomic mass is 32.2. The quantitative estimate of drug-likeness (QED) is 0.642. The highest BCUT2D eigenvalue weighted by Gasteiger charge is 2.33. The number of piperidine rings is 1. The third kappa shape index (κ3) is 5.24. The van der Waals surface area contributed by atoms with E-state index in [1.807, 2.05) is 11.8 Å². The lowest BCUT2D eigenvalue weighted by Gasteiger charge is -2.40. The number of nitrogens with two attached hydrogens (primary N) is 1. The van der Waals surface area contributed by atoms with Crippen LogP contribution in [0.25, 0.3) is 11.4 Å². The zero-order valence-electron chi connectivity index (χ0n) is 20.1. The molecule has 6 heterocycles. The fourth-order valence-electron chi connectivity index (χ4n) is 5.54. The standard InChI is InChI=1S/C24H34N8O2S/c25-24-26-14-17(15-27-24)22-28-20-13-19(35-21(20)23(29-22)32-7-11-34-12-8-32)16-30-3-1-18(2-4-30)31-5-9-33-10-6-31/h14-15,18-19H,1-13,16H2,(H2,25,26,27). The number of rotatable bonds is 5. The van der Waals surface area contributed by atoms with Gasteiger partial charge < -0.3 is 25.0 Å². The number of thioether (sulfide) groups is 1. The van der Waals surface area contributed by atoms with Crippen molar-refractivity contribution in [1.29, 1.82) is 0 Å². The molecule has 0 spiro atoms. The molecule has 4 aliphatic rings. The zero-order chi connectivity index (χ0) is 23.6. The highest BCUT2D eigenvalue weighted by molar-refractivity contribution is 8.00. The summed E-state index contributed by atoms with van der Waals surface area (Å²) in [6.45, 7) is 10.5. The molecule has 0 radical (unpaired) electrons. The predicted octanol–water partition coefficient (Wildman–Crippen LogP) is 1.17. The van der Waals surface area contributed by atoms with Gasteiger partial charge >= 0.3 is 0 Å². The third-order valence-electron chi connectivity index (χ3n) is 7.45. The van der Waals surface area contributed by atoms with E-state index in [0.717, 1.165) is 82.6 Å². The van der Waals surface area contributed by atoms with Crippen molar-refractivity contribution in [2.24, 2.45) is 0 Å². The van der Waals surface area contributed by atoms with E-state index in [4.69, 9.17) is 25.2 Å². The van der Waals surface area contributed by atoms with Gasteiger partial charge in [0.15, 0.2) is 5.82 Å². The Balaban J connectivity index is 1.16. The summed E-state index contributed by atoms with van der Waals surface area (Å²) in [6, 6.07) is 0.715. The van der Waals surface area contributed by atoms with Crippen molar-refractivity contribution >= 4 is 23.5 Å². The van der Waals surface area contributed by atoms with Crippen LogP contribution in [-0.2, 0) is 15.9 Å². The Morgan fingerprint density at radius 1 is 0.914 bits per heavy atom. The zero-order valence-corrected chi connectivity index (χ0v) is 21.0. The number of hydrogen-bond acceptors (Lipinski definition) is 11. The normalized spacial score (nSPS) is 24.6. The first-order chi connectivity index (χ1) is 17.2. The first kappa shape index (κ1) is 23.4. The number of likely N-dealkylation sites (tertiary alicyclic amines) is 1. The Bertz CT molecular complexity index is 1010. The Morgan fingerprint density at radius 3 is 2.31 bits per heavy atom. The van der Waals surface area contributed by atoms with Crippen LogP contribution in [0.5, 0.6) is 0 Å². The molecule has 0 saturated carbocycles. The van der Waals surface area contributed by atoms with Crippen molar-refractivity contribution in [3.8, 4) is 11.4 Å². The molecule has 4 aliphatic heterocycles. The van der Waals surface area contributed by atoms with Crippen molar-refractivity contribution in [1.82, 2.24) is 29.7 Å². The van der Waals surface area contributed by atoms with Crippen LogP contribution < -0.4 is 10.6 Å². The summed E-state index contributed by atoms with van der Waals surface area (Å²) in [7, 11) is 0. The molecule has 2 aromatic rings. The van der Waals surface area contributed by atoms with E-state index in [1.165, 1.54) is 30.8 Å². The second kappa shape index (κ2) is 10.5. The largest absolute Gasteiger partial charge is 0.379 e. The monoisotopic (exact) mass is 498 g/mol. The van der Waals surface area contributed by atoms with E-state index in [1.54, 1.807) is 12.4 Å². The van der Waals surface area contributed by atoms with Gasteiger partial charge in [-0.2, -0.15) is 0 Å². The van der Waals surface area contributed by atoms with Gasteiger partial charge in [-0.3, -0.25) is 4.90 Å². The molecular formula is C24H34N8O2S. The number of aromatic nitrogens is 4. The molecule has 188 valence electrons. The number of nitrogen functional groups attached to an aromatic ring is 1. The minimum absolute atomic E-state index is 0.260. The topological polar surface area (TPSA) is 106 Å². The van der Waals surface area contributed by atoms with Crippen LogP contribution in [0.15, 0.2) is 17.3 Å². The van der Waals surface area contributed by atoms with E-state index in [9.17, 15) is 0 Å². The lowest BCUT2D eigenvalue weighted by molar-refractivity contribution is 0.000986. The molecule has 2 aromatic heterocycles. The molecular weight excluding hydrogens is 464 g/mol. The van der Waals surface area contributed by atoms with Gasteiger partial charge in [-0.15, -0.1) is 11.8 Å². The first-order valence-corrected chi connectivity index (χ1v) is 13.6. The molecule has 6 rings (SSSR count). The van der Waals surface area contributed by atoms with Gasteiger partial charge in [0.2, 0.25) is 5.95 Å². The molecule has 11 heteroatoms. The van der Waals surface area contributed by atoms with Crippen molar-refractivity contribution in [2.75, 3.05) is 82.9 Å². The predicted molar refractivity (Wildman–Crippen MR) is 136 cm³/mol. The molecule has 10 nitrogen and oxygen atoms in total. The summed E-state index contributed by atoms with van der Waals surface area (Å²) in [5.41, 5.74) is 7.64. The van der Waals surface area contributed by atoms with Gasteiger partial charge in [0.05, 0.1) is 42.6 Å². The molecule has 0 aliphatic carbocycles. The number of anilines is 2. The van der Waals surface area contributed by atoms with Gasteiger partial charge in [0.25, 0.3) is 0 Å². The maximum atomic E-state index is 5.70. The van der Waals surface area contributed by atoms with Crippen molar-refractivity contribution in [3.05, 3.63) is 18.1 Å². The van der Waals surface area contributed by atoms with Gasteiger partial charge in [0.1, 0.15) is 5.82 Å². The molecule has 1 unspecified atom stereocenters. The van der Waals surface area contributed by atoms with E-state index < -0.39 is 0 Å². The van der Waals surface area contributed by atoms with Gasteiger partial charge in [-0.1, -0.05) is 0 Å². The lowest BCUT2D eigenvalue weighted by Crippen LogP contribution is -2.49. The van der Waals surface area contributed by atoms with Crippen LogP contribution in [-0.4, -0.2) is 113 Å². The Morgan fingerprint density at radius 2 is 1.60 bits per heavy atom. The number of morpholine rings is 2. The van der Waals surface area contributed by atoms with E-state index in [-0.39, 0.29) is 5.95 Å². The van der Waals surface area contributed by atoms with Crippen LogP contribution >= 0.6 is 11.8 Å². The summed E-state index contributed by atoms with van der Waals surface area (Å²) in [5, 5.41) is 0.497. The van der Waals surface area contributed by atoms with Crippen LogP contribution in [0.1, 0.15) is 18.5 Å². The van der Waals surface area contributed by atoms with Gasteiger partial charge in [-0.25, -0.2) is 19.9 Å². The average Bonchev–Trinajstić information content (AvgIpc) is 3.32. The van der Waals surface area contributed by atoms with Crippen molar-refractivity contribution in [3.63, 3.8) is 0 Å². The smallest absolute Gasteiger partial charge is 0.219 e. The summed E-state index contributed by atoms with van der Waals surface area (Å²) in [6.07, 6.45) is 6.90. The molecule has 0 bridgehead atoms. The van der Waals surface area contributed by atoms with Crippen LogP contribution in [0, 0.1) is 0 Å². The molecule has 3 fully saturated rings. The summed E-state index contributed by atoms with van der Waals surface area (Å²) in [4.78, 5) is 27.1. The molecule has 1 atom stereocenters. The molecule has 3 saturated heterocycles. The summed E-state index contributed by atoms with van der Waals surface area (Å²) >= 11 is 1.96. The number of fused-ring (bicyclic) bond motifs is 1. The maximum absolute atomic E-state index is 5.70. The fraction of sp³-hybridized carbons (Fsp3) is 0.667. The average molecular weight is 499 g/mol. The molecule has 0 amide bonds. The number of hydrogen-bond donors (Lipinski definition) is 1. The van der Waals surface area contributed by atoms with E-state index in [2.05, 4.69) is 24.7 Å². The minimum Gasteiger partial charge on any atom is -0.379 e. The van der Waals surface area contributed by atoms with Crippen LogP contribution in [0.2, 0.25) is 0 Å². The first-order valence-electron chi connectivity index (χ1n) is 12.8. The molecule has 35 heavy (non-hydrogen) atoms. The van der Waals surface area contributed by atoms with E-state index in [0.29, 0.717) is 17.1 Å². The Hall–Kier alpha value is -2.05. The third-order valence-corrected chi connectivity index (χ3v) is 8.75. The Labute approximate surface area is 210 Å². The van der Waals surface area contributed by atoms with Gasteiger partial charge in [0, 0.05) is 62.8 Å². The van der Waals surface area contributed by atoms with E-state index >= 15 is 0 Å². The SMILES string of the molecule is Nc1ncc(-c2nc3c(c(N4CCOCC4)n2)SC(CN2CCC(N4CCOCC4)CC2)C3)cn1. The second-order valence-corrected chi connectivity index (χ2v) is 11.0. The summed E-state index contributed by atoms with van der Waals surface area (Å²) in [5.74, 6) is 1.97. The van der Waals surface area contributed by atoms with Crippen molar-refractivity contribution in [2.45, 2.75) is 35.4 Å². The molecule has 2 N–H and O–H groups in total. The van der Waals surface area contributed by atoms with Gasteiger partial charge in [-0.05, 0) is 25.9 Å².